The number of thioether (sulfide) groups is 1. The number of anilines is 3. The Kier molecular flexibility index (Phi) is 8.70. The van der Waals surface area contributed by atoms with E-state index in [1.807, 2.05) is 42.5 Å². The molecule has 0 fully saturated rings. The van der Waals surface area contributed by atoms with Crippen molar-refractivity contribution in [2.75, 3.05) is 16.0 Å². The third-order valence-electron chi connectivity index (χ3n) is 5.52. The van der Waals surface area contributed by atoms with Crippen LogP contribution in [0.25, 0.3) is 0 Å². The predicted octanol–water partition coefficient (Wildman–Crippen LogP) is 6.28. The summed E-state index contributed by atoms with van der Waals surface area (Å²) in [5.41, 5.74) is 2.81. The summed E-state index contributed by atoms with van der Waals surface area (Å²) >= 11 is 1.36. The number of nitro groups is 1. The lowest BCUT2D eigenvalue weighted by Gasteiger charge is -2.17. The van der Waals surface area contributed by atoms with Crippen LogP contribution in [0.4, 0.5) is 22.7 Å². The van der Waals surface area contributed by atoms with E-state index in [0.29, 0.717) is 22.6 Å². The molecule has 4 rings (SSSR count). The van der Waals surface area contributed by atoms with Crippen molar-refractivity contribution in [3.63, 3.8) is 0 Å². The Morgan fingerprint density at radius 3 is 1.82 bits per heavy atom. The van der Waals surface area contributed by atoms with Crippen LogP contribution in [0.2, 0.25) is 0 Å². The number of carbonyl (C=O) groups is 3. The van der Waals surface area contributed by atoms with Gasteiger partial charge in [0.15, 0.2) is 0 Å². The molecule has 4 aromatic carbocycles. The molecule has 0 saturated carbocycles. The van der Waals surface area contributed by atoms with E-state index in [1.165, 1.54) is 43.0 Å². The number of carbonyl (C=O) groups excluding carboxylic acids is 3. The molecule has 0 aliphatic carbocycles. The van der Waals surface area contributed by atoms with Gasteiger partial charge >= 0.3 is 0 Å². The van der Waals surface area contributed by atoms with Crippen molar-refractivity contribution < 1.29 is 19.3 Å². The van der Waals surface area contributed by atoms with E-state index in [1.54, 1.807) is 36.4 Å². The Hall–Kier alpha value is -4.96. The molecule has 0 bridgehead atoms. The first kappa shape index (κ1) is 27.1. The van der Waals surface area contributed by atoms with Crippen molar-refractivity contribution in [2.24, 2.45) is 0 Å². The topological polar surface area (TPSA) is 130 Å². The Morgan fingerprint density at radius 2 is 1.26 bits per heavy atom. The molecule has 1 atom stereocenters. The van der Waals surface area contributed by atoms with Gasteiger partial charge in [-0.25, -0.2) is 0 Å². The molecule has 1 unspecified atom stereocenters. The highest BCUT2D eigenvalue weighted by atomic mass is 32.2. The molecular formula is C29H24N4O5S. The van der Waals surface area contributed by atoms with E-state index in [9.17, 15) is 24.5 Å². The van der Waals surface area contributed by atoms with Crippen LogP contribution in [-0.2, 0) is 9.59 Å². The van der Waals surface area contributed by atoms with Gasteiger partial charge in [0.25, 0.3) is 11.6 Å². The van der Waals surface area contributed by atoms with Crippen LogP contribution in [-0.4, -0.2) is 22.6 Å². The van der Waals surface area contributed by atoms with Gasteiger partial charge in [0, 0.05) is 46.6 Å². The van der Waals surface area contributed by atoms with Crippen molar-refractivity contribution in [1.82, 2.24) is 0 Å². The molecule has 4 aromatic rings. The molecule has 39 heavy (non-hydrogen) atoms. The largest absolute Gasteiger partial charge is 0.326 e. The van der Waals surface area contributed by atoms with Crippen molar-refractivity contribution in [3.05, 3.63) is 124 Å². The number of rotatable bonds is 9. The summed E-state index contributed by atoms with van der Waals surface area (Å²) in [7, 11) is 0. The van der Waals surface area contributed by atoms with E-state index in [-0.39, 0.29) is 17.5 Å². The molecule has 10 heteroatoms. The zero-order chi connectivity index (χ0) is 27.8. The van der Waals surface area contributed by atoms with Crippen LogP contribution in [0.1, 0.15) is 28.1 Å². The lowest BCUT2D eigenvalue weighted by Crippen LogP contribution is -2.19. The normalized spacial score (nSPS) is 11.2. The molecule has 196 valence electrons. The lowest BCUT2D eigenvalue weighted by molar-refractivity contribution is -0.384. The zero-order valence-electron chi connectivity index (χ0n) is 20.8. The number of nitrogens with zero attached hydrogens (tertiary/aromatic N) is 1. The number of nitro benzene ring substituents is 1. The van der Waals surface area contributed by atoms with Crippen LogP contribution in [0.3, 0.4) is 0 Å². The summed E-state index contributed by atoms with van der Waals surface area (Å²) in [6.45, 7) is 1.43. The smallest absolute Gasteiger partial charge is 0.269 e. The molecule has 0 saturated heterocycles. The summed E-state index contributed by atoms with van der Waals surface area (Å²) < 4.78 is 0. The highest BCUT2D eigenvalue weighted by Crippen LogP contribution is 2.37. The van der Waals surface area contributed by atoms with Gasteiger partial charge in [0.2, 0.25) is 11.8 Å². The van der Waals surface area contributed by atoms with E-state index in [2.05, 4.69) is 16.0 Å². The summed E-state index contributed by atoms with van der Waals surface area (Å²) in [5, 5.41) is 18.7. The van der Waals surface area contributed by atoms with Crippen molar-refractivity contribution in [3.8, 4) is 0 Å². The van der Waals surface area contributed by atoms with E-state index in [0.717, 1.165) is 10.5 Å². The van der Waals surface area contributed by atoms with Crippen LogP contribution in [0, 0.1) is 10.1 Å². The van der Waals surface area contributed by atoms with E-state index >= 15 is 0 Å². The summed E-state index contributed by atoms with van der Waals surface area (Å²) in [5.74, 6) is -0.783. The Bertz CT molecular complexity index is 1480. The SMILES string of the molecule is CC(=O)Nc1ccc(NC(=O)C(Sc2ccc(NC(=O)c3ccc([N+](=O)[O-])cc3)cc2)c2ccccc2)cc1. The van der Waals surface area contributed by atoms with Gasteiger partial charge in [0.1, 0.15) is 5.25 Å². The fraction of sp³-hybridized carbons (Fsp3) is 0.0690. The first-order valence-corrected chi connectivity index (χ1v) is 12.7. The number of hydrogen-bond donors (Lipinski definition) is 3. The average Bonchev–Trinajstić information content (AvgIpc) is 2.94. The zero-order valence-corrected chi connectivity index (χ0v) is 21.6. The predicted molar refractivity (Wildman–Crippen MR) is 152 cm³/mol. The number of hydrogen-bond acceptors (Lipinski definition) is 6. The molecule has 9 nitrogen and oxygen atoms in total. The molecule has 0 aliphatic rings. The van der Waals surface area contributed by atoms with Gasteiger partial charge in [-0.15, -0.1) is 11.8 Å². The second kappa shape index (κ2) is 12.5. The van der Waals surface area contributed by atoms with Gasteiger partial charge in [-0.05, 0) is 66.2 Å². The summed E-state index contributed by atoms with van der Waals surface area (Å²) in [4.78, 5) is 48.2. The minimum absolute atomic E-state index is 0.0908. The fourth-order valence-corrected chi connectivity index (χ4v) is 4.66. The minimum Gasteiger partial charge on any atom is -0.326 e. The summed E-state index contributed by atoms with van der Waals surface area (Å²) in [6.07, 6.45) is 0. The van der Waals surface area contributed by atoms with Gasteiger partial charge in [-0.3, -0.25) is 24.5 Å². The first-order chi connectivity index (χ1) is 18.8. The van der Waals surface area contributed by atoms with Gasteiger partial charge in [-0.1, -0.05) is 30.3 Å². The van der Waals surface area contributed by atoms with Crippen LogP contribution < -0.4 is 16.0 Å². The second-order valence-corrected chi connectivity index (χ2v) is 9.62. The summed E-state index contributed by atoms with van der Waals surface area (Å²) in [6, 6.07) is 28.7. The van der Waals surface area contributed by atoms with Gasteiger partial charge in [0.05, 0.1) is 4.92 Å². The third kappa shape index (κ3) is 7.53. The van der Waals surface area contributed by atoms with Crippen LogP contribution in [0.15, 0.2) is 108 Å². The van der Waals surface area contributed by atoms with Crippen LogP contribution in [0.5, 0.6) is 0 Å². The molecular weight excluding hydrogens is 516 g/mol. The van der Waals surface area contributed by atoms with E-state index in [4.69, 9.17) is 0 Å². The maximum Gasteiger partial charge on any atom is 0.269 e. The standard InChI is InChI=1S/C29H24N4O5S/c1-19(34)30-22-9-11-23(12-10-22)32-29(36)27(20-5-3-2-4-6-20)39-26-17-13-24(14-18-26)31-28(35)21-7-15-25(16-8-21)33(37)38/h2-18,27H,1H3,(H,30,34)(H,31,35)(H,32,36). The van der Waals surface area contributed by atoms with Crippen molar-refractivity contribution in [1.29, 1.82) is 0 Å². The second-order valence-electron chi connectivity index (χ2n) is 8.44. The quantitative estimate of drug-likeness (QED) is 0.130. The minimum atomic E-state index is -0.554. The van der Waals surface area contributed by atoms with Crippen molar-refractivity contribution >= 4 is 52.2 Å². The average molecular weight is 541 g/mol. The highest BCUT2D eigenvalue weighted by Gasteiger charge is 2.22. The monoisotopic (exact) mass is 540 g/mol. The first-order valence-electron chi connectivity index (χ1n) is 11.8. The number of benzene rings is 4. The molecule has 3 N–H and O–H groups in total. The third-order valence-corrected chi connectivity index (χ3v) is 6.79. The number of amides is 3. The molecule has 3 amide bonds. The van der Waals surface area contributed by atoms with Crippen molar-refractivity contribution in [2.45, 2.75) is 17.1 Å². The van der Waals surface area contributed by atoms with Gasteiger partial charge in [-0.2, -0.15) is 0 Å². The Labute approximate surface area is 228 Å². The highest BCUT2D eigenvalue weighted by molar-refractivity contribution is 8.00. The Balaban J connectivity index is 1.44. The molecule has 0 heterocycles. The maximum absolute atomic E-state index is 13.3. The number of non-ortho nitro benzene ring substituents is 1. The fourth-order valence-electron chi connectivity index (χ4n) is 3.64. The van der Waals surface area contributed by atoms with E-state index < -0.39 is 16.1 Å². The maximum atomic E-state index is 13.3. The molecule has 0 aliphatic heterocycles. The lowest BCUT2D eigenvalue weighted by atomic mass is 10.1. The molecule has 0 aromatic heterocycles. The Morgan fingerprint density at radius 1 is 0.718 bits per heavy atom. The van der Waals surface area contributed by atoms with Crippen LogP contribution >= 0.6 is 11.8 Å². The molecule has 0 spiro atoms. The number of nitrogens with one attached hydrogen (secondary N) is 3. The van der Waals surface area contributed by atoms with Gasteiger partial charge < -0.3 is 16.0 Å². The molecule has 0 radical (unpaired) electrons.